The first-order chi connectivity index (χ1) is 9.82. The van der Waals surface area contributed by atoms with Crippen LogP contribution >= 0.6 is 0 Å². The Balaban J connectivity index is 2.26. The first-order valence-electron chi connectivity index (χ1n) is 6.35. The Morgan fingerprint density at radius 3 is 2.57 bits per heavy atom. The summed E-state index contributed by atoms with van der Waals surface area (Å²) in [7, 11) is 1.55. The lowest BCUT2D eigenvalue weighted by molar-refractivity contribution is 0.0737. The topological polar surface area (TPSA) is 75.0 Å². The summed E-state index contributed by atoms with van der Waals surface area (Å²) in [5.41, 5.74) is 7.26. The molecule has 0 bridgehead atoms. The molecule has 2 rings (SSSR count). The average Bonchev–Trinajstić information content (AvgIpc) is 2.79. The van der Waals surface area contributed by atoms with Crippen LogP contribution in [0, 0.1) is 18.6 Å². The lowest BCUT2D eigenvalue weighted by atomic mass is 10.1. The van der Waals surface area contributed by atoms with E-state index in [1.807, 2.05) is 0 Å². The molecular weight excluding hydrogens is 278 g/mol. The zero-order valence-corrected chi connectivity index (χ0v) is 11.9. The van der Waals surface area contributed by atoms with Gasteiger partial charge in [0, 0.05) is 7.05 Å². The molecule has 21 heavy (non-hydrogen) atoms. The number of aryl methyl sites for hydroxylation is 1. The molecule has 2 aromatic rings. The van der Waals surface area contributed by atoms with Crippen LogP contribution < -0.4 is 5.73 Å². The molecule has 0 aliphatic carbocycles. The fourth-order valence-electron chi connectivity index (χ4n) is 1.94. The van der Waals surface area contributed by atoms with Gasteiger partial charge in [0.1, 0.15) is 0 Å². The summed E-state index contributed by atoms with van der Waals surface area (Å²) in [6, 6.07) is 3.09. The fraction of sp³-hybridized carbons (Fsp3) is 0.286. The Labute approximate surface area is 120 Å². The minimum absolute atomic E-state index is 0.115. The van der Waals surface area contributed by atoms with Crippen molar-refractivity contribution in [1.29, 1.82) is 0 Å². The van der Waals surface area contributed by atoms with Crippen molar-refractivity contribution in [3.63, 3.8) is 0 Å². The molecule has 1 atom stereocenters. The number of nitrogen functional groups attached to an aromatic ring is 1. The highest BCUT2D eigenvalue weighted by atomic mass is 19.2. The van der Waals surface area contributed by atoms with Gasteiger partial charge < -0.3 is 10.6 Å². The van der Waals surface area contributed by atoms with Crippen molar-refractivity contribution in [3.05, 3.63) is 46.8 Å². The number of nitrogens with zero attached hydrogens (tertiary/aromatic N) is 2. The number of benzene rings is 1. The normalized spacial score (nSPS) is 12.2. The van der Waals surface area contributed by atoms with Gasteiger partial charge in [-0.05, 0) is 31.5 Å². The van der Waals surface area contributed by atoms with Crippen LogP contribution in [0.15, 0.2) is 18.2 Å². The number of halogens is 2. The maximum atomic E-state index is 13.3. The number of aromatic amines is 1. The molecule has 0 spiro atoms. The van der Waals surface area contributed by atoms with Gasteiger partial charge in [0.05, 0.1) is 17.4 Å². The van der Waals surface area contributed by atoms with E-state index in [2.05, 4.69) is 10.2 Å². The molecule has 0 aliphatic heterocycles. The Morgan fingerprint density at radius 1 is 1.38 bits per heavy atom. The third-order valence-electron chi connectivity index (χ3n) is 3.52. The van der Waals surface area contributed by atoms with Gasteiger partial charge in [0.15, 0.2) is 17.3 Å². The maximum absolute atomic E-state index is 13.3. The Hall–Kier alpha value is -2.44. The van der Waals surface area contributed by atoms with Crippen LogP contribution in [0.2, 0.25) is 0 Å². The summed E-state index contributed by atoms with van der Waals surface area (Å²) in [4.78, 5) is 13.7. The summed E-state index contributed by atoms with van der Waals surface area (Å²) in [5.74, 6) is -2.27. The highest BCUT2D eigenvalue weighted by Gasteiger charge is 2.24. The van der Waals surface area contributed by atoms with Crippen molar-refractivity contribution in [2.75, 3.05) is 12.8 Å². The van der Waals surface area contributed by atoms with Crippen LogP contribution in [-0.4, -0.2) is 28.1 Å². The van der Waals surface area contributed by atoms with E-state index in [0.29, 0.717) is 11.3 Å². The number of nitrogens with two attached hydrogens (primary N) is 1. The van der Waals surface area contributed by atoms with Crippen LogP contribution in [0.25, 0.3) is 0 Å². The molecule has 1 unspecified atom stereocenters. The number of amides is 1. The van der Waals surface area contributed by atoms with Crippen molar-refractivity contribution in [2.45, 2.75) is 19.9 Å². The summed E-state index contributed by atoms with van der Waals surface area (Å²) in [6.07, 6.45) is 0. The van der Waals surface area contributed by atoms with Crippen molar-refractivity contribution in [2.24, 2.45) is 0 Å². The second kappa shape index (κ2) is 5.51. The van der Waals surface area contributed by atoms with E-state index in [-0.39, 0.29) is 11.4 Å². The van der Waals surface area contributed by atoms with E-state index in [4.69, 9.17) is 5.73 Å². The number of aromatic nitrogens is 2. The largest absolute Gasteiger partial charge is 0.395 e. The molecule has 0 fully saturated rings. The lowest BCUT2D eigenvalue weighted by Crippen LogP contribution is -2.30. The number of anilines is 1. The van der Waals surface area contributed by atoms with E-state index in [0.717, 1.165) is 12.1 Å². The molecule has 1 amide bonds. The number of carbonyl (C=O) groups excluding carboxylic acids is 1. The number of carbonyl (C=O) groups is 1. The summed E-state index contributed by atoms with van der Waals surface area (Å²) in [6.45, 7) is 3.41. The van der Waals surface area contributed by atoms with E-state index < -0.39 is 23.6 Å². The highest BCUT2D eigenvalue weighted by Crippen LogP contribution is 2.24. The Bertz CT molecular complexity index is 684. The van der Waals surface area contributed by atoms with Gasteiger partial charge in [-0.2, -0.15) is 5.10 Å². The van der Waals surface area contributed by atoms with E-state index in [9.17, 15) is 13.6 Å². The zero-order valence-electron chi connectivity index (χ0n) is 11.9. The van der Waals surface area contributed by atoms with Gasteiger partial charge in [-0.25, -0.2) is 8.78 Å². The summed E-state index contributed by atoms with van der Waals surface area (Å²) < 4.78 is 26.2. The molecule has 112 valence electrons. The third kappa shape index (κ3) is 2.72. The van der Waals surface area contributed by atoms with Crippen LogP contribution in [0.1, 0.15) is 34.7 Å². The first kappa shape index (κ1) is 15.0. The van der Waals surface area contributed by atoms with Gasteiger partial charge in [-0.15, -0.1) is 0 Å². The van der Waals surface area contributed by atoms with Crippen molar-refractivity contribution < 1.29 is 13.6 Å². The van der Waals surface area contributed by atoms with Gasteiger partial charge in [0.2, 0.25) is 0 Å². The number of rotatable bonds is 3. The molecular formula is C14H16F2N4O. The minimum atomic E-state index is -0.949. The van der Waals surface area contributed by atoms with E-state index in [1.54, 1.807) is 20.9 Å². The first-order valence-corrected chi connectivity index (χ1v) is 6.35. The molecule has 1 aromatic carbocycles. The van der Waals surface area contributed by atoms with Gasteiger partial charge >= 0.3 is 0 Å². The number of H-pyrrole nitrogens is 1. The molecule has 5 nitrogen and oxygen atoms in total. The number of hydrogen-bond acceptors (Lipinski definition) is 3. The summed E-state index contributed by atoms with van der Waals surface area (Å²) in [5, 5.41) is 6.50. The zero-order chi connectivity index (χ0) is 15.7. The second-order valence-electron chi connectivity index (χ2n) is 4.88. The smallest absolute Gasteiger partial charge is 0.276 e. The standard InChI is InChI=1S/C14H16F2N4O/c1-7-12(17)13(19-18-7)14(21)20(3)8(2)9-4-5-10(15)11(16)6-9/h4-6,8H,17H2,1-3H3,(H,18,19). The molecule has 0 aliphatic rings. The van der Waals surface area contributed by atoms with Gasteiger partial charge in [-0.3, -0.25) is 9.89 Å². The van der Waals surface area contributed by atoms with E-state index >= 15 is 0 Å². The van der Waals surface area contributed by atoms with Crippen LogP contribution in [0.4, 0.5) is 14.5 Å². The van der Waals surface area contributed by atoms with Crippen molar-refractivity contribution in [3.8, 4) is 0 Å². The van der Waals surface area contributed by atoms with Crippen molar-refractivity contribution in [1.82, 2.24) is 15.1 Å². The molecule has 0 saturated heterocycles. The minimum Gasteiger partial charge on any atom is -0.395 e. The Kier molecular flexibility index (Phi) is 3.93. The second-order valence-corrected chi connectivity index (χ2v) is 4.88. The SMILES string of the molecule is Cc1[nH]nc(C(=O)N(C)C(C)c2ccc(F)c(F)c2)c1N. The van der Waals surface area contributed by atoms with E-state index in [1.165, 1.54) is 11.0 Å². The number of nitrogens with one attached hydrogen (secondary N) is 1. The molecule has 3 N–H and O–H groups in total. The molecule has 1 heterocycles. The molecule has 0 radical (unpaired) electrons. The quantitative estimate of drug-likeness (QED) is 0.912. The van der Waals surface area contributed by atoms with Gasteiger partial charge in [-0.1, -0.05) is 6.07 Å². The van der Waals surface area contributed by atoms with Crippen molar-refractivity contribution >= 4 is 11.6 Å². The fourth-order valence-corrected chi connectivity index (χ4v) is 1.94. The van der Waals surface area contributed by atoms with Gasteiger partial charge in [0.25, 0.3) is 5.91 Å². The molecule has 0 saturated carbocycles. The molecule has 1 aromatic heterocycles. The monoisotopic (exact) mass is 294 g/mol. The maximum Gasteiger partial charge on any atom is 0.276 e. The molecule has 7 heteroatoms. The summed E-state index contributed by atoms with van der Waals surface area (Å²) >= 11 is 0. The lowest BCUT2D eigenvalue weighted by Gasteiger charge is -2.24. The predicted octanol–water partition coefficient (Wildman–Crippen LogP) is 2.41. The predicted molar refractivity (Wildman–Crippen MR) is 74.6 cm³/mol. The highest BCUT2D eigenvalue weighted by molar-refractivity contribution is 5.97. The Morgan fingerprint density at radius 2 is 2.05 bits per heavy atom. The van der Waals surface area contributed by atoms with Crippen LogP contribution in [0.5, 0.6) is 0 Å². The third-order valence-corrected chi connectivity index (χ3v) is 3.52. The number of hydrogen-bond donors (Lipinski definition) is 2. The average molecular weight is 294 g/mol. The van der Waals surface area contributed by atoms with Crippen LogP contribution in [-0.2, 0) is 0 Å². The van der Waals surface area contributed by atoms with Crippen LogP contribution in [0.3, 0.4) is 0 Å².